The van der Waals surface area contributed by atoms with E-state index in [1.807, 2.05) is 37.6 Å². The summed E-state index contributed by atoms with van der Waals surface area (Å²) in [6.45, 7) is 5.49. The number of carbonyl (C=O) groups is 1. The number of methoxy groups -OCH3 is 1. The Morgan fingerprint density at radius 1 is 1.21 bits per heavy atom. The zero-order chi connectivity index (χ0) is 27.7. The predicted molar refractivity (Wildman–Crippen MR) is 140 cm³/mol. The molecule has 11 heteroatoms. The molecule has 1 amide bonds. The lowest BCUT2D eigenvalue weighted by atomic mass is 9.79. The molecule has 0 aliphatic carbocycles. The lowest BCUT2D eigenvalue weighted by molar-refractivity contribution is -0.170. The van der Waals surface area contributed by atoms with E-state index in [1.54, 1.807) is 36.7 Å². The van der Waals surface area contributed by atoms with Crippen LogP contribution >= 0.6 is 0 Å². The number of aryl methyl sites for hydroxylation is 1. The van der Waals surface area contributed by atoms with Crippen LogP contribution in [0.4, 0.5) is 18.9 Å². The summed E-state index contributed by atoms with van der Waals surface area (Å²) in [4.78, 5) is 22.0. The molecule has 1 aliphatic rings. The van der Waals surface area contributed by atoms with Gasteiger partial charge in [0.1, 0.15) is 11.5 Å². The highest BCUT2D eigenvalue weighted by Gasteiger charge is 2.46. The average molecular weight is 527 g/mol. The number of aromatic nitrogens is 2. The summed E-state index contributed by atoms with van der Waals surface area (Å²) in [5.74, 6) is 4.30. The summed E-state index contributed by atoms with van der Waals surface area (Å²) in [6.07, 6.45) is 0.347. The summed E-state index contributed by atoms with van der Waals surface area (Å²) in [7, 11) is 1.54. The average Bonchev–Trinajstić information content (AvgIpc) is 3.27. The van der Waals surface area contributed by atoms with Crippen LogP contribution in [0, 0.1) is 6.92 Å². The number of benzene rings is 2. The number of alkyl halides is 3. The van der Waals surface area contributed by atoms with Gasteiger partial charge < -0.3 is 20.0 Å². The van der Waals surface area contributed by atoms with Crippen molar-refractivity contribution in [3.8, 4) is 11.4 Å². The second-order valence-electron chi connectivity index (χ2n) is 9.77. The molecule has 0 saturated heterocycles. The predicted octanol–water partition coefficient (Wildman–Crippen LogP) is 4.57. The topological polar surface area (TPSA) is 98.1 Å². The van der Waals surface area contributed by atoms with Gasteiger partial charge in [0.25, 0.3) is 0 Å². The Bertz CT molecular complexity index is 1390. The van der Waals surface area contributed by atoms with Crippen molar-refractivity contribution < 1.29 is 22.7 Å². The Kier molecular flexibility index (Phi) is 7.30. The van der Waals surface area contributed by atoms with Gasteiger partial charge in [0.2, 0.25) is 0 Å². The molecule has 38 heavy (non-hydrogen) atoms. The number of rotatable bonds is 5. The first kappa shape index (κ1) is 26.9. The van der Waals surface area contributed by atoms with E-state index in [2.05, 4.69) is 15.1 Å². The number of fused-ring (bicyclic) bond motifs is 1. The van der Waals surface area contributed by atoms with Crippen LogP contribution in [0.3, 0.4) is 0 Å². The molecule has 0 fully saturated rings. The van der Waals surface area contributed by atoms with Crippen LogP contribution < -0.4 is 15.5 Å². The summed E-state index contributed by atoms with van der Waals surface area (Å²) >= 11 is 0. The van der Waals surface area contributed by atoms with Gasteiger partial charge in [0.05, 0.1) is 30.9 Å². The van der Waals surface area contributed by atoms with Gasteiger partial charge in [0, 0.05) is 30.2 Å². The molecule has 0 spiro atoms. The fourth-order valence-corrected chi connectivity index (χ4v) is 4.76. The van der Waals surface area contributed by atoms with Crippen LogP contribution in [0.25, 0.3) is 5.69 Å². The molecular weight excluding hydrogens is 497 g/mol. The third-order valence-electron chi connectivity index (χ3n) is 6.56. The number of anilines is 1. The second-order valence-corrected chi connectivity index (χ2v) is 9.77. The highest BCUT2D eigenvalue weighted by atomic mass is 19.4. The zero-order valence-corrected chi connectivity index (χ0v) is 21.5. The minimum Gasteiger partial charge on any atom is -0.495 e. The maximum Gasteiger partial charge on any atom is 0.471 e. The number of amides is 1. The summed E-state index contributed by atoms with van der Waals surface area (Å²) in [5, 5.41) is 3.85. The minimum absolute atomic E-state index is 0.236. The first-order chi connectivity index (χ1) is 17.9. The lowest BCUT2D eigenvalue weighted by Gasteiger charge is -2.27. The monoisotopic (exact) mass is 526 g/mol. The second kappa shape index (κ2) is 10.3. The molecule has 0 saturated carbocycles. The molecule has 1 unspecified atom stereocenters. The van der Waals surface area contributed by atoms with Gasteiger partial charge in [-0.1, -0.05) is 38.1 Å². The van der Waals surface area contributed by atoms with Crippen molar-refractivity contribution in [1.82, 2.24) is 9.55 Å². The fourth-order valence-electron chi connectivity index (χ4n) is 4.76. The van der Waals surface area contributed by atoms with Crippen molar-refractivity contribution >= 4 is 23.5 Å². The molecule has 3 aromatic rings. The molecule has 4 rings (SSSR count). The molecule has 2 aromatic carbocycles. The van der Waals surface area contributed by atoms with Crippen LogP contribution in [-0.4, -0.2) is 53.3 Å². The Balaban J connectivity index is 1.66. The summed E-state index contributed by atoms with van der Waals surface area (Å²) < 4.78 is 47.9. The van der Waals surface area contributed by atoms with Crippen LogP contribution in [0.1, 0.15) is 37.1 Å². The van der Waals surface area contributed by atoms with Crippen molar-refractivity contribution in [3.05, 3.63) is 71.8 Å². The van der Waals surface area contributed by atoms with Gasteiger partial charge in [-0.25, -0.2) is 4.98 Å². The molecule has 200 valence electrons. The number of hydrogen-bond donors (Lipinski definition) is 1. The van der Waals surface area contributed by atoms with E-state index in [4.69, 9.17) is 10.6 Å². The largest absolute Gasteiger partial charge is 0.495 e. The van der Waals surface area contributed by atoms with E-state index >= 15 is 0 Å². The molecule has 8 nitrogen and oxygen atoms in total. The molecule has 2 heterocycles. The number of halogens is 3. The van der Waals surface area contributed by atoms with Crippen molar-refractivity contribution in [2.24, 2.45) is 15.9 Å². The Morgan fingerprint density at radius 2 is 1.95 bits per heavy atom. The maximum atomic E-state index is 13.5. The van der Waals surface area contributed by atoms with E-state index in [0.717, 1.165) is 16.3 Å². The van der Waals surface area contributed by atoms with Gasteiger partial charge in [-0.2, -0.15) is 18.3 Å². The third-order valence-corrected chi connectivity index (χ3v) is 6.56. The summed E-state index contributed by atoms with van der Waals surface area (Å²) in [5.41, 5.74) is 2.86. The first-order valence-corrected chi connectivity index (χ1v) is 11.9. The van der Waals surface area contributed by atoms with Gasteiger partial charge in [-0.15, -0.1) is 0 Å². The number of aliphatic imine (C=N–C) groups is 1. The van der Waals surface area contributed by atoms with E-state index in [-0.39, 0.29) is 12.2 Å². The lowest BCUT2D eigenvalue weighted by Crippen LogP contribution is -2.44. The van der Waals surface area contributed by atoms with Gasteiger partial charge in [0.15, 0.2) is 0 Å². The normalized spacial score (nSPS) is 17.8. The number of nitrogens with zero attached hydrogens (tertiary/aromatic N) is 5. The number of ether oxygens (including phenoxy) is 1. The van der Waals surface area contributed by atoms with Crippen molar-refractivity contribution in [2.75, 3.05) is 18.6 Å². The Morgan fingerprint density at radius 3 is 2.58 bits per heavy atom. The third kappa shape index (κ3) is 5.41. The van der Waals surface area contributed by atoms with Crippen LogP contribution in [0.2, 0.25) is 0 Å². The molecule has 1 atom stereocenters. The molecule has 1 aromatic heterocycles. The Labute approximate surface area is 218 Å². The minimum atomic E-state index is -5.02. The van der Waals surface area contributed by atoms with Gasteiger partial charge >= 0.3 is 12.1 Å². The number of imidazole rings is 1. The number of hydrazone groups is 1. The van der Waals surface area contributed by atoms with E-state index < -0.39 is 23.5 Å². The molecule has 1 aliphatic heterocycles. The van der Waals surface area contributed by atoms with Gasteiger partial charge in [-0.05, 0) is 42.5 Å². The van der Waals surface area contributed by atoms with Crippen molar-refractivity contribution in [1.29, 1.82) is 0 Å². The standard InChI is InChI=1S/C27H29F3N6O2/c1-17-14-35(16-33-17)23-10-9-18(11-24(23)38-4)21(34-31)13-32-19-12-26(2,3)20-7-5-6-8-22(20)36(15-19)25(37)27(28,29)30/h5-11,13-14,16,19H,12,15,31H2,1-4H3. The Hall–Kier alpha value is -4.15. The number of hydrogen-bond acceptors (Lipinski definition) is 6. The quantitative estimate of drug-likeness (QED) is 0.299. The smallest absolute Gasteiger partial charge is 0.471 e. The first-order valence-electron chi connectivity index (χ1n) is 11.9. The molecule has 2 N–H and O–H groups in total. The fraction of sp³-hybridized carbons (Fsp3) is 0.333. The van der Waals surface area contributed by atoms with E-state index in [9.17, 15) is 18.0 Å². The van der Waals surface area contributed by atoms with Crippen molar-refractivity contribution in [3.63, 3.8) is 0 Å². The van der Waals surface area contributed by atoms with E-state index in [0.29, 0.717) is 29.0 Å². The van der Waals surface area contributed by atoms with E-state index in [1.165, 1.54) is 19.4 Å². The van der Waals surface area contributed by atoms with Crippen LogP contribution in [-0.2, 0) is 10.2 Å². The number of nitrogens with two attached hydrogens (primary N) is 1. The number of para-hydroxylation sites is 1. The van der Waals surface area contributed by atoms with Gasteiger partial charge in [-0.3, -0.25) is 9.79 Å². The molecule has 0 bridgehead atoms. The van der Waals surface area contributed by atoms with Crippen LogP contribution in [0.5, 0.6) is 5.75 Å². The highest BCUT2D eigenvalue weighted by Crippen LogP contribution is 2.40. The van der Waals surface area contributed by atoms with Crippen LogP contribution in [0.15, 0.2) is 65.1 Å². The molecular formula is C27H29F3N6O2. The maximum absolute atomic E-state index is 13.5. The molecule has 0 radical (unpaired) electrons. The SMILES string of the molecule is COc1cc(C(C=NC2CN(C(=O)C(F)(F)F)c3ccccc3C(C)(C)C2)=NN)ccc1-n1cnc(C)c1. The summed E-state index contributed by atoms with van der Waals surface area (Å²) in [6, 6.07) is 11.4. The zero-order valence-electron chi connectivity index (χ0n) is 21.5. The highest BCUT2D eigenvalue weighted by molar-refractivity contribution is 6.38. The number of carbonyl (C=O) groups excluding carboxylic acids is 1. The van der Waals surface area contributed by atoms with Crippen molar-refractivity contribution in [2.45, 2.75) is 44.8 Å².